The highest BCUT2D eigenvalue weighted by molar-refractivity contribution is 7.90. The Morgan fingerprint density at radius 2 is 2.10 bits per heavy atom. The van der Waals surface area contributed by atoms with Gasteiger partial charge in [0.15, 0.2) is 12.4 Å². The normalized spacial score (nSPS) is 21.1. The van der Waals surface area contributed by atoms with Gasteiger partial charge in [0, 0.05) is 24.7 Å². The summed E-state index contributed by atoms with van der Waals surface area (Å²) in [6, 6.07) is 6.73. The van der Waals surface area contributed by atoms with E-state index in [1.54, 1.807) is 18.2 Å². The van der Waals surface area contributed by atoms with Crippen molar-refractivity contribution >= 4 is 27.7 Å². The number of nitrogens with one attached hydrogen (secondary N) is 1. The average molecular weight is 422 g/mol. The van der Waals surface area contributed by atoms with Gasteiger partial charge in [0.25, 0.3) is 15.9 Å². The molecule has 0 bridgehead atoms. The second-order valence-corrected chi connectivity index (χ2v) is 9.11. The lowest BCUT2D eigenvalue weighted by Crippen LogP contribution is -2.43. The SMILES string of the molecule is CCC[C@@H](C)NC(=O)COC(=O)[C@@H]1CCCN(C2=NS(=O)(=O)c3ccccc32)C1. The van der Waals surface area contributed by atoms with Crippen molar-refractivity contribution in [3.05, 3.63) is 29.8 Å². The first kappa shape index (κ1) is 21.3. The number of rotatable bonds is 6. The minimum absolute atomic E-state index is 0.0405. The van der Waals surface area contributed by atoms with Gasteiger partial charge >= 0.3 is 5.97 Å². The first-order valence-corrected chi connectivity index (χ1v) is 11.4. The first-order chi connectivity index (χ1) is 13.8. The number of amides is 1. The number of amidine groups is 1. The summed E-state index contributed by atoms with van der Waals surface area (Å²) in [7, 11) is -3.70. The van der Waals surface area contributed by atoms with Gasteiger partial charge in [-0.2, -0.15) is 8.42 Å². The maximum absolute atomic E-state index is 12.5. The van der Waals surface area contributed by atoms with E-state index in [9.17, 15) is 18.0 Å². The molecule has 1 N–H and O–H groups in total. The molecule has 0 unspecified atom stereocenters. The number of benzene rings is 1. The molecule has 1 aromatic carbocycles. The van der Waals surface area contributed by atoms with Gasteiger partial charge in [-0.15, -0.1) is 4.40 Å². The van der Waals surface area contributed by atoms with Gasteiger partial charge in [0.2, 0.25) is 0 Å². The van der Waals surface area contributed by atoms with Gasteiger partial charge < -0.3 is 15.0 Å². The maximum Gasteiger partial charge on any atom is 0.311 e. The Labute approximate surface area is 171 Å². The Hall–Kier alpha value is -2.42. The van der Waals surface area contributed by atoms with Crippen molar-refractivity contribution in [3.8, 4) is 0 Å². The first-order valence-electron chi connectivity index (χ1n) is 9.97. The molecule has 8 nitrogen and oxygen atoms in total. The lowest BCUT2D eigenvalue weighted by Gasteiger charge is -2.32. The standard InChI is InChI=1S/C20H27N3O5S/c1-3-7-14(2)21-18(24)13-28-20(25)15-8-6-11-23(12-15)19-16-9-4-5-10-17(16)29(26,27)22-19/h4-5,9-10,14-15H,3,6-8,11-13H2,1-2H3,(H,21,24)/t14-,15-/m1/s1. The molecule has 1 fully saturated rings. The zero-order chi connectivity index (χ0) is 21.0. The third-order valence-corrected chi connectivity index (χ3v) is 6.47. The summed E-state index contributed by atoms with van der Waals surface area (Å²) in [5.41, 5.74) is 0.561. The van der Waals surface area contributed by atoms with E-state index in [2.05, 4.69) is 9.71 Å². The van der Waals surface area contributed by atoms with E-state index in [-0.39, 0.29) is 23.5 Å². The highest BCUT2D eigenvalue weighted by atomic mass is 32.2. The van der Waals surface area contributed by atoms with Gasteiger partial charge in [-0.1, -0.05) is 25.5 Å². The highest BCUT2D eigenvalue weighted by Gasteiger charge is 2.35. The molecule has 2 aliphatic heterocycles. The average Bonchev–Trinajstić information content (AvgIpc) is 2.98. The number of ether oxygens (including phenoxy) is 1. The Balaban J connectivity index is 1.60. The topological polar surface area (TPSA) is 105 Å². The Morgan fingerprint density at radius 3 is 2.86 bits per heavy atom. The van der Waals surface area contributed by atoms with Crippen LogP contribution in [0.1, 0.15) is 45.1 Å². The molecule has 2 aliphatic rings. The molecule has 9 heteroatoms. The number of esters is 1. The smallest absolute Gasteiger partial charge is 0.311 e. The van der Waals surface area contributed by atoms with Gasteiger partial charge in [-0.25, -0.2) is 0 Å². The van der Waals surface area contributed by atoms with Crippen LogP contribution in [-0.2, 0) is 24.3 Å². The van der Waals surface area contributed by atoms with Crippen molar-refractivity contribution in [3.63, 3.8) is 0 Å². The molecule has 1 amide bonds. The zero-order valence-corrected chi connectivity index (χ0v) is 17.6. The van der Waals surface area contributed by atoms with Crippen molar-refractivity contribution in [2.45, 2.75) is 50.5 Å². The summed E-state index contributed by atoms with van der Waals surface area (Å²) in [5, 5.41) is 2.80. The number of sulfonamides is 1. The molecule has 2 heterocycles. The molecule has 2 atom stereocenters. The largest absolute Gasteiger partial charge is 0.455 e. The second-order valence-electron chi connectivity index (χ2n) is 7.54. The number of hydrogen-bond acceptors (Lipinski definition) is 6. The third kappa shape index (κ3) is 4.95. The minimum Gasteiger partial charge on any atom is -0.455 e. The van der Waals surface area contributed by atoms with Gasteiger partial charge in [0.1, 0.15) is 4.90 Å². The summed E-state index contributed by atoms with van der Waals surface area (Å²) in [5.74, 6) is -0.804. The van der Waals surface area contributed by atoms with E-state index >= 15 is 0 Å². The molecule has 0 aliphatic carbocycles. The summed E-state index contributed by atoms with van der Waals surface area (Å²) >= 11 is 0. The molecule has 1 saturated heterocycles. The molecule has 29 heavy (non-hydrogen) atoms. The van der Waals surface area contributed by atoms with E-state index in [4.69, 9.17) is 4.74 Å². The number of carbonyl (C=O) groups excluding carboxylic acids is 2. The molecular formula is C20H27N3O5S. The van der Waals surface area contributed by atoms with E-state index < -0.39 is 21.9 Å². The van der Waals surface area contributed by atoms with Crippen LogP contribution in [0.2, 0.25) is 0 Å². The van der Waals surface area contributed by atoms with Gasteiger partial charge in [-0.05, 0) is 38.3 Å². The van der Waals surface area contributed by atoms with Crippen LogP contribution in [0.3, 0.4) is 0 Å². The predicted molar refractivity (Wildman–Crippen MR) is 108 cm³/mol. The quantitative estimate of drug-likeness (QED) is 0.701. The Kier molecular flexibility index (Phi) is 6.56. The van der Waals surface area contributed by atoms with Crippen LogP contribution >= 0.6 is 0 Å². The zero-order valence-electron chi connectivity index (χ0n) is 16.8. The van der Waals surface area contributed by atoms with Gasteiger partial charge in [-0.3, -0.25) is 9.59 Å². The van der Waals surface area contributed by atoms with Crippen LogP contribution in [0.15, 0.2) is 33.6 Å². The number of hydrogen-bond donors (Lipinski definition) is 1. The van der Waals surface area contributed by atoms with Crippen LogP contribution < -0.4 is 5.32 Å². The summed E-state index contributed by atoms with van der Waals surface area (Å²) in [6.45, 7) is 4.57. The molecule has 0 aromatic heterocycles. The Morgan fingerprint density at radius 1 is 1.34 bits per heavy atom. The summed E-state index contributed by atoms with van der Waals surface area (Å²) in [4.78, 5) is 26.4. The fraction of sp³-hybridized carbons (Fsp3) is 0.550. The molecular weight excluding hydrogens is 394 g/mol. The maximum atomic E-state index is 12.5. The van der Waals surface area contributed by atoms with Crippen molar-refractivity contribution in [1.82, 2.24) is 10.2 Å². The lowest BCUT2D eigenvalue weighted by atomic mass is 9.97. The predicted octanol–water partition coefficient (Wildman–Crippen LogP) is 1.70. The molecule has 158 valence electrons. The molecule has 1 aromatic rings. The number of likely N-dealkylation sites (tertiary alicyclic amines) is 1. The molecule has 0 saturated carbocycles. The summed E-state index contributed by atoms with van der Waals surface area (Å²) < 4.78 is 33.7. The van der Waals surface area contributed by atoms with Crippen LogP contribution in [0.4, 0.5) is 0 Å². The van der Waals surface area contributed by atoms with Gasteiger partial charge in [0.05, 0.1) is 5.92 Å². The monoisotopic (exact) mass is 421 g/mol. The highest BCUT2D eigenvalue weighted by Crippen LogP contribution is 2.29. The van der Waals surface area contributed by atoms with Crippen molar-refractivity contribution in [1.29, 1.82) is 0 Å². The van der Waals surface area contributed by atoms with E-state index in [0.29, 0.717) is 37.3 Å². The van der Waals surface area contributed by atoms with Crippen molar-refractivity contribution < 1.29 is 22.7 Å². The second kappa shape index (κ2) is 8.94. The summed E-state index contributed by atoms with van der Waals surface area (Å²) in [6.07, 6.45) is 3.16. The van der Waals surface area contributed by atoms with Crippen LogP contribution in [0.25, 0.3) is 0 Å². The number of piperidine rings is 1. The molecule has 0 spiro atoms. The van der Waals surface area contributed by atoms with Crippen LogP contribution in [0, 0.1) is 5.92 Å². The number of carbonyl (C=O) groups is 2. The van der Waals surface area contributed by atoms with E-state index in [0.717, 1.165) is 12.8 Å². The molecule has 3 rings (SSSR count). The van der Waals surface area contributed by atoms with Crippen molar-refractivity contribution in [2.24, 2.45) is 10.3 Å². The minimum atomic E-state index is -3.70. The van der Waals surface area contributed by atoms with E-state index in [1.165, 1.54) is 6.07 Å². The third-order valence-electron chi connectivity index (χ3n) is 5.14. The van der Waals surface area contributed by atoms with E-state index in [1.807, 2.05) is 18.7 Å². The number of nitrogens with zero attached hydrogens (tertiary/aromatic N) is 2. The Bertz CT molecular complexity index is 912. The van der Waals surface area contributed by atoms with Crippen molar-refractivity contribution in [2.75, 3.05) is 19.7 Å². The fourth-order valence-electron chi connectivity index (χ4n) is 3.75. The van der Waals surface area contributed by atoms with Crippen LogP contribution in [-0.4, -0.2) is 56.8 Å². The fourth-order valence-corrected chi connectivity index (χ4v) is 4.98. The molecule has 0 radical (unpaired) electrons. The lowest BCUT2D eigenvalue weighted by molar-refractivity contribution is -0.154. The van der Waals surface area contributed by atoms with Crippen LogP contribution in [0.5, 0.6) is 0 Å². The number of fused-ring (bicyclic) bond motifs is 1.